The molecule has 0 bridgehead atoms. The van der Waals surface area contributed by atoms with Gasteiger partial charge in [0.25, 0.3) is 0 Å². The number of rotatable bonds is 7. The van der Waals surface area contributed by atoms with Crippen LogP contribution in [0.4, 0.5) is 10.5 Å². The molecule has 3 heterocycles. The maximum absolute atomic E-state index is 12.5. The molecule has 0 unspecified atom stereocenters. The van der Waals surface area contributed by atoms with E-state index >= 15 is 0 Å². The Morgan fingerprint density at radius 1 is 1.11 bits per heavy atom. The molecule has 2 aliphatic rings. The SMILES string of the molecule is CCOC(=O)c1cccc(NC(=O)O[C@H]2CO[C@@H]3[C@@H]2OC[C@@H]3n2nnnc2Sc2ccccc2)c1. The molecule has 4 atom stereocenters. The van der Waals surface area contributed by atoms with E-state index in [1.165, 1.54) is 17.8 Å². The van der Waals surface area contributed by atoms with Gasteiger partial charge in [-0.05, 0) is 59.4 Å². The number of esters is 1. The maximum Gasteiger partial charge on any atom is 0.412 e. The number of ether oxygens (including phenoxy) is 4. The van der Waals surface area contributed by atoms with Gasteiger partial charge in [-0.3, -0.25) is 5.32 Å². The molecule has 3 aromatic rings. The average Bonchev–Trinajstić information content (AvgIpc) is 3.58. The fourth-order valence-corrected chi connectivity index (χ4v) is 4.88. The lowest BCUT2D eigenvalue weighted by molar-refractivity contribution is 0.00751. The number of tetrazole rings is 1. The Morgan fingerprint density at radius 2 is 1.94 bits per heavy atom. The van der Waals surface area contributed by atoms with Crippen molar-refractivity contribution in [3.05, 3.63) is 60.2 Å². The third-order valence-corrected chi connectivity index (χ3v) is 6.55. The van der Waals surface area contributed by atoms with Crippen LogP contribution in [0.1, 0.15) is 23.3 Å². The minimum absolute atomic E-state index is 0.186. The molecule has 11 nitrogen and oxygen atoms in total. The van der Waals surface area contributed by atoms with E-state index in [2.05, 4.69) is 20.8 Å². The van der Waals surface area contributed by atoms with Crippen LogP contribution >= 0.6 is 11.8 Å². The van der Waals surface area contributed by atoms with E-state index in [4.69, 9.17) is 18.9 Å². The quantitative estimate of drug-likeness (QED) is 0.487. The van der Waals surface area contributed by atoms with Crippen LogP contribution in [0.15, 0.2) is 64.6 Å². The fourth-order valence-electron chi connectivity index (χ4n) is 4.03. The summed E-state index contributed by atoms with van der Waals surface area (Å²) in [5, 5.41) is 15.4. The number of amides is 1. The number of nitrogens with zero attached hydrogens (tertiary/aromatic N) is 4. The van der Waals surface area contributed by atoms with E-state index < -0.39 is 24.3 Å². The van der Waals surface area contributed by atoms with Crippen molar-refractivity contribution in [3.63, 3.8) is 0 Å². The number of carbonyl (C=O) groups is 2. The summed E-state index contributed by atoms with van der Waals surface area (Å²) in [4.78, 5) is 25.5. The lowest BCUT2D eigenvalue weighted by atomic mass is 10.1. The number of benzene rings is 2. The molecular weight excluding hydrogens is 474 g/mol. The van der Waals surface area contributed by atoms with E-state index in [0.717, 1.165) is 4.90 Å². The van der Waals surface area contributed by atoms with Crippen molar-refractivity contribution in [1.82, 2.24) is 20.2 Å². The van der Waals surface area contributed by atoms with Gasteiger partial charge in [-0.2, -0.15) is 0 Å². The Hall–Kier alpha value is -3.48. The molecule has 0 aliphatic carbocycles. The van der Waals surface area contributed by atoms with Crippen LogP contribution in [0.5, 0.6) is 0 Å². The molecule has 2 fully saturated rings. The average molecular weight is 498 g/mol. The molecular formula is C23H23N5O6S. The standard InChI is InChI=1S/C23H23N5O6S/c1-2-31-21(29)14-7-6-8-15(11-14)24-23(30)34-18-13-33-19-17(12-32-20(18)19)28-22(25-26-27-28)35-16-9-4-3-5-10-16/h3-11,17-20H,2,12-13H2,1H3,(H,24,30)/t17-,18-,19-,20+/m0/s1. The van der Waals surface area contributed by atoms with Gasteiger partial charge in [0.05, 0.1) is 25.4 Å². The minimum atomic E-state index is -0.671. The number of hydrogen-bond donors (Lipinski definition) is 1. The van der Waals surface area contributed by atoms with E-state index in [9.17, 15) is 9.59 Å². The topological polar surface area (TPSA) is 127 Å². The number of nitrogens with one attached hydrogen (secondary N) is 1. The third kappa shape index (κ3) is 5.14. The lowest BCUT2D eigenvalue weighted by Crippen LogP contribution is -2.35. The summed E-state index contributed by atoms with van der Waals surface area (Å²) in [6, 6.07) is 16.0. The highest BCUT2D eigenvalue weighted by molar-refractivity contribution is 7.99. The van der Waals surface area contributed by atoms with Crippen molar-refractivity contribution in [2.75, 3.05) is 25.1 Å². The van der Waals surface area contributed by atoms with Gasteiger partial charge in [-0.25, -0.2) is 14.3 Å². The minimum Gasteiger partial charge on any atom is -0.462 e. The first-order chi connectivity index (χ1) is 17.1. The van der Waals surface area contributed by atoms with Gasteiger partial charge in [-0.15, -0.1) is 5.10 Å². The van der Waals surface area contributed by atoms with Gasteiger partial charge < -0.3 is 18.9 Å². The highest BCUT2D eigenvalue weighted by Crippen LogP contribution is 2.37. The van der Waals surface area contributed by atoms with Crippen LogP contribution in [-0.2, 0) is 18.9 Å². The molecule has 0 spiro atoms. The molecule has 5 rings (SSSR count). The van der Waals surface area contributed by atoms with Gasteiger partial charge >= 0.3 is 12.1 Å². The van der Waals surface area contributed by atoms with Crippen molar-refractivity contribution in [2.24, 2.45) is 0 Å². The van der Waals surface area contributed by atoms with E-state index in [-0.39, 0.29) is 25.4 Å². The van der Waals surface area contributed by atoms with Crippen LogP contribution in [0.25, 0.3) is 0 Å². The van der Waals surface area contributed by atoms with Crippen molar-refractivity contribution in [3.8, 4) is 0 Å². The molecule has 1 aromatic heterocycles. The Bertz CT molecular complexity index is 1190. The predicted molar refractivity (Wildman–Crippen MR) is 123 cm³/mol. The first-order valence-electron chi connectivity index (χ1n) is 11.1. The molecule has 0 saturated carbocycles. The van der Waals surface area contributed by atoms with Crippen LogP contribution in [-0.4, -0.2) is 70.4 Å². The summed E-state index contributed by atoms with van der Waals surface area (Å²) in [5.74, 6) is -0.464. The van der Waals surface area contributed by atoms with Crippen LogP contribution in [0.2, 0.25) is 0 Å². The summed E-state index contributed by atoms with van der Waals surface area (Å²) in [7, 11) is 0. The van der Waals surface area contributed by atoms with Crippen LogP contribution < -0.4 is 5.32 Å². The first-order valence-corrected chi connectivity index (χ1v) is 11.9. The number of fused-ring (bicyclic) bond motifs is 1. The van der Waals surface area contributed by atoms with Gasteiger partial charge in [0, 0.05) is 10.6 Å². The van der Waals surface area contributed by atoms with Gasteiger partial charge in [0.1, 0.15) is 18.2 Å². The second-order valence-electron chi connectivity index (χ2n) is 7.85. The second-order valence-corrected chi connectivity index (χ2v) is 8.90. The van der Waals surface area contributed by atoms with Crippen molar-refractivity contribution >= 4 is 29.5 Å². The second kappa shape index (κ2) is 10.4. The zero-order valence-electron chi connectivity index (χ0n) is 18.8. The molecule has 2 saturated heterocycles. The predicted octanol–water partition coefficient (Wildman–Crippen LogP) is 2.96. The smallest absolute Gasteiger partial charge is 0.412 e. The summed E-state index contributed by atoms with van der Waals surface area (Å²) in [6.45, 7) is 2.50. The highest BCUT2D eigenvalue weighted by Gasteiger charge is 2.51. The fraction of sp³-hybridized carbons (Fsp3) is 0.348. The van der Waals surface area contributed by atoms with Crippen LogP contribution in [0, 0.1) is 0 Å². The lowest BCUT2D eigenvalue weighted by Gasteiger charge is -2.18. The Labute approximate surface area is 205 Å². The van der Waals surface area contributed by atoms with E-state index in [1.807, 2.05) is 30.3 Å². The van der Waals surface area contributed by atoms with Crippen molar-refractivity contribution < 1.29 is 28.5 Å². The number of aromatic nitrogens is 4. The molecule has 1 amide bonds. The molecule has 2 aliphatic heterocycles. The van der Waals surface area contributed by atoms with Crippen LogP contribution in [0.3, 0.4) is 0 Å². The summed E-state index contributed by atoms with van der Waals surface area (Å²) < 4.78 is 24.2. The highest BCUT2D eigenvalue weighted by atomic mass is 32.2. The summed E-state index contributed by atoms with van der Waals surface area (Å²) in [5.41, 5.74) is 0.749. The molecule has 12 heteroatoms. The molecule has 2 aromatic carbocycles. The van der Waals surface area contributed by atoms with Gasteiger partial charge in [-0.1, -0.05) is 24.3 Å². The van der Waals surface area contributed by atoms with E-state index in [0.29, 0.717) is 23.0 Å². The monoisotopic (exact) mass is 497 g/mol. The normalized spacial score (nSPS) is 23.0. The third-order valence-electron chi connectivity index (χ3n) is 5.59. The van der Waals surface area contributed by atoms with Gasteiger partial charge in [0.2, 0.25) is 5.16 Å². The van der Waals surface area contributed by atoms with Crippen molar-refractivity contribution in [2.45, 2.75) is 41.3 Å². The Balaban J connectivity index is 1.20. The van der Waals surface area contributed by atoms with E-state index in [1.54, 1.807) is 29.8 Å². The number of carbonyl (C=O) groups excluding carboxylic acids is 2. The zero-order chi connectivity index (χ0) is 24.2. The van der Waals surface area contributed by atoms with Crippen molar-refractivity contribution in [1.29, 1.82) is 0 Å². The Morgan fingerprint density at radius 3 is 2.77 bits per heavy atom. The maximum atomic E-state index is 12.5. The summed E-state index contributed by atoms with van der Waals surface area (Å²) >= 11 is 1.45. The molecule has 182 valence electrons. The molecule has 0 radical (unpaired) electrons. The summed E-state index contributed by atoms with van der Waals surface area (Å²) in [6.07, 6.45) is -2.08. The zero-order valence-corrected chi connectivity index (χ0v) is 19.6. The number of anilines is 1. The Kier molecular flexibility index (Phi) is 6.93. The molecule has 1 N–H and O–H groups in total. The van der Waals surface area contributed by atoms with Gasteiger partial charge in [0.15, 0.2) is 6.10 Å². The molecule has 35 heavy (non-hydrogen) atoms. The largest absolute Gasteiger partial charge is 0.462 e. The first kappa shape index (κ1) is 23.3. The number of hydrogen-bond acceptors (Lipinski definition) is 10.